The average Bonchev–Trinajstić information content (AvgIpc) is 2.77. The molecule has 0 atom stereocenters. The van der Waals surface area contributed by atoms with E-state index < -0.39 is 0 Å². The number of imidazole rings is 1. The molecular weight excluding hydrogens is 232 g/mol. The topological polar surface area (TPSA) is 53.4 Å². The zero-order valence-corrected chi connectivity index (χ0v) is 11.4. The molecule has 0 saturated heterocycles. The van der Waals surface area contributed by atoms with E-state index in [1.807, 2.05) is 4.57 Å². The lowest BCUT2D eigenvalue weighted by Crippen LogP contribution is -2.06. The minimum Gasteiger partial charge on any atom is -0.461 e. The minimum atomic E-state index is -0.368. The molecule has 0 aliphatic rings. The molecule has 0 spiro atoms. The number of hydrogen-bond donors (Lipinski definition) is 0. The summed E-state index contributed by atoms with van der Waals surface area (Å²) in [5, 5.41) is 0. The Balaban J connectivity index is 2.25. The van der Waals surface area contributed by atoms with Crippen LogP contribution in [0.15, 0.2) is 12.5 Å². The third-order valence-corrected chi connectivity index (χ3v) is 2.27. The van der Waals surface area contributed by atoms with Gasteiger partial charge in [0.15, 0.2) is 5.69 Å². The van der Waals surface area contributed by atoms with E-state index in [1.54, 1.807) is 19.4 Å². The van der Waals surface area contributed by atoms with Gasteiger partial charge in [0.2, 0.25) is 0 Å². The molecule has 1 aromatic heterocycles. The van der Waals surface area contributed by atoms with Gasteiger partial charge in [-0.2, -0.15) is 0 Å². The quantitative estimate of drug-likeness (QED) is 0.526. The molecule has 1 rings (SSSR count). The highest BCUT2D eigenvalue weighted by atomic mass is 16.5. The molecular formula is C13H22N2O3. The molecule has 1 heterocycles. The second-order valence-corrected chi connectivity index (χ2v) is 4.54. The number of rotatable bonds is 8. The van der Waals surface area contributed by atoms with Crippen LogP contribution < -0.4 is 0 Å². The average molecular weight is 254 g/mol. The Hall–Kier alpha value is -1.36. The van der Waals surface area contributed by atoms with Gasteiger partial charge in [0.25, 0.3) is 0 Å². The highest BCUT2D eigenvalue weighted by Gasteiger charge is 2.09. The van der Waals surface area contributed by atoms with Crippen molar-refractivity contribution in [2.24, 2.45) is 5.92 Å². The van der Waals surface area contributed by atoms with E-state index in [1.165, 1.54) is 0 Å². The first-order valence-electron chi connectivity index (χ1n) is 6.40. The number of aromatic nitrogens is 2. The Morgan fingerprint density at radius 3 is 2.94 bits per heavy atom. The maximum atomic E-state index is 11.4. The molecule has 1 aromatic rings. The Labute approximate surface area is 108 Å². The van der Waals surface area contributed by atoms with Gasteiger partial charge in [0.05, 0.1) is 12.9 Å². The van der Waals surface area contributed by atoms with Gasteiger partial charge in [-0.15, -0.1) is 0 Å². The van der Waals surface area contributed by atoms with Gasteiger partial charge >= 0.3 is 5.97 Å². The standard InChI is InChI=1S/C13H22N2O3/c1-4-18-13(16)12-8-15(10-14-12)6-5-7-17-9-11(2)3/h8,10-11H,4-7,9H2,1-3H3. The highest BCUT2D eigenvalue weighted by molar-refractivity contribution is 5.86. The lowest BCUT2D eigenvalue weighted by atomic mass is 10.2. The molecule has 0 aliphatic heterocycles. The van der Waals surface area contributed by atoms with E-state index >= 15 is 0 Å². The first kappa shape index (κ1) is 14.7. The number of ether oxygens (including phenoxy) is 2. The Kier molecular flexibility index (Phi) is 6.43. The van der Waals surface area contributed by atoms with Crippen molar-refractivity contribution in [3.05, 3.63) is 18.2 Å². The van der Waals surface area contributed by atoms with Gasteiger partial charge in [-0.25, -0.2) is 9.78 Å². The van der Waals surface area contributed by atoms with Crippen molar-refractivity contribution in [3.8, 4) is 0 Å². The van der Waals surface area contributed by atoms with Crippen molar-refractivity contribution in [3.63, 3.8) is 0 Å². The summed E-state index contributed by atoms with van der Waals surface area (Å²) < 4.78 is 12.2. The maximum Gasteiger partial charge on any atom is 0.358 e. The molecule has 102 valence electrons. The van der Waals surface area contributed by atoms with E-state index in [9.17, 15) is 4.79 Å². The third kappa shape index (κ3) is 5.31. The summed E-state index contributed by atoms with van der Waals surface area (Å²) in [7, 11) is 0. The van der Waals surface area contributed by atoms with Gasteiger partial charge in [-0.1, -0.05) is 13.8 Å². The lowest BCUT2D eigenvalue weighted by molar-refractivity contribution is 0.0520. The van der Waals surface area contributed by atoms with E-state index in [-0.39, 0.29) is 5.97 Å². The zero-order chi connectivity index (χ0) is 13.4. The van der Waals surface area contributed by atoms with E-state index in [2.05, 4.69) is 18.8 Å². The van der Waals surface area contributed by atoms with Crippen molar-refractivity contribution >= 4 is 5.97 Å². The molecule has 0 fully saturated rings. The summed E-state index contributed by atoms with van der Waals surface area (Å²) in [6.45, 7) is 8.71. The first-order chi connectivity index (χ1) is 8.63. The number of aryl methyl sites for hydroxylation is 1. The molecule has 0 aromatic carbocycles. The first-order valence-corrected chi connectivity index (χ1v) is 6.40. The fraction of sp³-hybridized carbons (Fsp3) is 0.692. The van der Waals surface area contributed by atoms with Crippen LogP contribution in [0.5, 0.6) is 0 Å². The number of hydrogen-bond acceptors (Lipinski definition) is 4. The predicted molar refractivity (Wildman–Crippen MR) is 68.5 cm³/mol. The molecule has 5 nitrogen and oxygen atoms in total. The summed E-state index contributed by atoms with van der Waals surface area (Å²) in [5.41, 5.74) is 0.361. The van der Waals surface area contributed by atoms with Crippen LogP contribution in [0.25, 0.3) is 0 Å². The molecule has 5 heteroatoms. The minimum absolute atomic E-state index is 0.361. The number of carbonyl (C=O) groups excluding carboxylic acids is 1. The van der Waals surface area contributed by atoms with Gasteiger partial charge in [0, 0.05) is 26.0 Å². The Morgan fingerprint density at radius 1 is 1.50 bits per heavy atom. The molecule has 0 radical (unpaired) electrons. The van der Waals surface area contributed by atoms with Crippen LogP contribution in [0.2, 0.25) is 0 Å². The van der Waals surface area contributed by atoms with Crippen LogP contribution >= 0.6 is 0 Å². The van der Waals surface area contributed by atoms with Gasteiger partial charge in [-0.3, -0.25) is 0 Å². The SMILES string of the molecule is CCOC(=O)c1cn(CCCOCC(C)C)cn1. The van der Waals surface area contributed by atoms with Crippen molar-refractivity contribution in [2.75, 3.05) is 19.8 Å². The monoisotopic (exact) mass is 254 g/mol. The molecule has 0 N–H and O–H groups in total. The number of nitrogens with zero attached hydrogens (tertiary/aromatic N) is 2. The van der Waals surface area contributed by atoms with Crippen LogP contribution in [-0.4, -0.2) is 35.3 Å². The van der Waals surface area contributed by atoms with Gasteiger partial charge in [-0.05, 0) is 19.3 Å². The molecule has 18 heavy (non-hydrogen) atoms. The fourth-order valence-corrected chi connectivity index (χ4v) is 1.46. The number of carbonyl (C=O) groups is 1. The number of esters is 1. The van der Waals surface area contributed by atoms with E-state index in [0.29, 0.717) is 18.2 Å². The van der Waals surface area contributed by atoms with Crippen LogP contribution in [-0.2, 0) is 16.0 Å². The van der Waals surface area contributed by atoms with Crippen molar-refractivity contribution < 1.29 is 14.3 Å². The van der Waals surface area contributed by atoms with Crippen LogP contribution in [0.4, 0.5) is 0 Å². The zero-order valence-electron chi connectivity index (χ0n) is 11.4. The smallest absolute Gasteiger partial charge is 0.358 e. The van der Waals surface area contributed by atoms with Gasteiger partial charge in [0.1, 0.15) is 0 Å². The Morgan fingerprint density at radius 2 is 2.28 bits per heavy atom. The third-order valence-electron chi connectivity index (χ3n) is 2.27. The van der Waals surface area contributed by atoms with Gasteiger partial charge < -0.3 is 14.0 Å². The largest absolute Gasteiger partial charge is 0.461 e. The molecule has 0 amide bonds. The van der Waals surface area contributed by atoms with Crippen LogP contribution in [0.1, 0.15) is 37.7 Å². The second kappa shape index (κ2) is 7.87. The summed E-state index contributed by atoms with van der Waals surface area (Å²) >= 11 is 0. The fourth-order valence-electron chi connectivity index (χ4n) is 1.46. The predicted octanol–water partition coefficient (Wildman–Crippen LogP) is 2.12. The highest BCUT2D eigenvalue weighted by Crippen LogP contribution is 2.01. The summed E-state index contributed by atoms with van der Waals surface area (Å²) in [4.78, 5) is 15.4. The Bertz CT molecular complexity index is 361. The molecule has 0 aliphatic carbocycles. The lowest BCUT2D eigenvalue weighted by Gasteiger charge is -2.06. The van der Waals surface area contributed by atoms with E-state index in [4.69, 9.17) is 9.47 Å². The summed E-state index contributed by atoms with van der Waals surface area (Å²) in [6, 6.07) is 0. The van der Waals surface area contributed by atoms with Crippen molar-refractivity contribution in [1.29, 1.82) is 0 Å². The summed E-state index contributed by atoms with van der Waals surface area (Å²) in [6.07, 6.45) is 4.26. The van der Waals surface area contributed by atoms with Crippen molar-refractivity contribution in [1.82, 2.24) is 9.55 Å². The molecule has 0 unspecified atom stereocenters. The summed E-state index contributed by atoms with van der Waals surface area (Å²) in [5.74, 6) is 0.195. The molecule has 0 bridgehead atoms. The van der Waals surface area contributed by atoms with Crippen molar-refractivity contribution in [2.45, 2.75) is 33.7 Å². The molecule has 0 saturated carbocycles. The van der Waals surface area contributed by atoms with Crippen LogP contribution in [0.3, 0.4) is 0 Å². The van der Waals surface area contributed by atoms with E-state index in [0.717, 1.165) is 26.2 Å². The van der Waals surface area contributed by atoms with Crippen LogP contribution in [0, 0.1) is 5.92 Å². The maximum absolute atomic E-state index is 11.4. The second-order valence-electron chi connectivity index (χ2n) is 4.54. The normalized spacial score (nSPS) is 10.9.